The summed E-state index contributed by atoms with van der Waals surface area (Å²) in [6.45, 7) is 2.16. The maximum Gasteiger partial charge on any atom is 0.306 e. The van der Waals surface area contributed by atoms with Crippen LogP contribution >= 0.6 is 0 Å². The molecular formula is C13H19NO4S. The van der Waals surface area contributed by atoms with Crippen LogP contribution in [0, 0.1) is 6.92 Å². The van der Waals surface area contributed by atoms with E-state index in [1.165, 1.54) is 0 Å². The van der Waals surface area contributed by atoms with Crippen molar-refractivity contribution in [2.75, 3.05) is 19.4 Å². The molecule has 0 bridgehead atoms. The van der Waals surface area contributed by atoms with Crippen LogP contribution in [0.3, 0.4) is 0 Å². The molecule has 0 unspecified atom stereocenters. The lowest BCUT2D eigenvalue weighted by Crippen LogP contribution is -2.26. The van der Waals surface area contributed by atoms with E-state index in [4.69, 9.17) is 4.74 Å². The van der Waals surface area contributed by atoms with Gasteiger partial charge in [0.15, 0.2) is 0 Å². The Balaban J connectivity index is 2.24. The molecule has 6 heteroatoms. The Morgan fingerprint density at radius 3 is 2.63 bits per heavy atom. The van der Waals surface area contributed by atoms with Crippen molar-refractivity contribution in [1.29, 1.82) is 0 Å². The zero-order chi connectivity index (χ0) is 14.3. The number of carbonyl (C=O) groups excluding carboxylic acids is 1. The van der Waals surface area contributed by atoms with Crippen molar-refractivity contribution >= 4 is 16.0 Å². The van der Waals surface area contributed by atoms with Crippen LogP contribution in [-0.4, -0.2) is 33.8 Å². The lowest BCUT2D eigenvalue weighted by molar-refractivity contribution is -0.143. The van der Waals surface area contributed by atoms with Crippen molar-refractivity contribution in [3.8, 4) is 0 Å². The van der Waals surface area contributed by atoms with Gasteiger partial charge in [0, 0.05) is 13.0 Å². The van der Waals surface area contributed by atoms with E-state index in [1.54, 1.807) is 0 Å². The first-order chi connectivity index (χ1) is 8.88. The molecule has 0 spiro atoms. The summed E-state index contributed by atoms with van der Waals surface area (Å²) in [6, 6.07) is 7.86. The fourth-order valence-corrected chi connectivity index (χ4v) is 2.05. The van der Waals surface area contributed by atoms with E-state index in [-0.39, 0.29) is 19.1 Å². The highest BCUT2D eigenvalue weighted by molar-refractivity contribution is 7.88. The molecule has 0 amide bonds. The Morgan fingerprint density at radius 1 is 1.32 bits per heavy atom. The van der Waals surface area contributed by atoms with E-state index in [0.29, 0.717) is 12.8 Å². The molecule has 19 heavy (non-hydrogen) atoms. The summed E-state index contributed by atoms with van der Waals surface area (Å²) in [4.78, 5) is 11.5. The van der Waals surface area contributed by atoms with Gasteiger partial charge >= 0.3 is 5.97 Å². The summed E-state index contributed by atoms with van der Waals surface area (Å²) < 4.78 is 28.7. The summed E-state index contributed by atoms with van der Waals surface area (Å²) in [5.74, 6) is -0.321. The zero-order valence-electron chi connectivity index (χ0n) is 11.2. The third-order valence-corrected chi connectivity index (χ3v) is 3.32. The average Bonchev–Trinajstić information content (AvgIpc) is 2.32. The Hall–Kier alpha value is -1.40. The number of benzene rings is 1. The minimum Gasteiger partial charge on any atom is -0.464 e. The van der Waals surface area contributed by atoms with Crippen LogP contribution in [0.25, 0.3) is 0 Å². The molecule has 1 aromatic carbocycles. The highest BCUT2D eigenvalue weighted by Crippen LogP contribution is 2.09. The largest absolute Gasteiger partial charge is 0.464 e. The molecule has 0 saturated heterocycles. The molecule has 0 aromatic heterocycles. The van der Waals surface area contributed by atoms with Gasteiger partial charge in [-0.05, 0) is 24.5 Å². The third-order valence-electron chi connectivity index (χ3n) is 2.59. The minimum absolute atomic E-state index is 0.0552. The van der Waals surface area contributed by atoms with Crippen molar-refractivity contribution in [3.63, 3.8) is 0 Å². The fraction of sp³-hybridized carbons (Fsp3) is 0.462. The van der Waals surface area contributed by atoms with Crippen LogP contribution in [0.2, 0.25) is 0 Å². The number of esters is 1. The first-order valence-corrected chi connectivity index (χ1v) is 7.92. The van der Waals surface area contributed by atoms with Crippen LogP contribution in [0.4, 0.5) is 0 Å². The summed E-state index contributed by atoms with van der Waals surface area (Å²) in [6.07, 6.45) is 1.99. The van der Waals surface area contributed by atoms with Crippen LogP contribution < -0.4 is 4.72 Å². The summed E-state index contributed by atoms with van der Waals surface area (Å²) in [5, 5.41) is 0. The molecule has 0 fully saturated rings. The Kier molecular flexibility index (Phi) is 5.98. The van der Waals surface area contributed by atoms with E-state index in [0.717, 1.165) is 17.4 Å². The van der Waals surface area contributed by atoms with Gasteiger partial charge in [-0.15, -0.1) is 0 Å². The maximum absolute atomic E-state index is 11.5. The van der Waals surface area contributed by atoms with Crippen LogP contribution in [0.5, 0.6) is 0 Å². The quantitative estimate of drug-likeness (QED) is 0.599. The predicted molar refractivity (Wildman–Crippen MR) is 73.3 cm³/mol. The number of sulfonamides is 1. The van der Waals surface area contributed by atoms with Crippen molar-refractivity contribution in [1.82, 2.24) is 4.72 Å². The van der Waals surface area contributed by atoms with Gasteiger partial charge in [0.1, 0.15) is 6.61 Å². The number of aryl methyl sites for hydroxylation is 2. The maximum atomic E-state index is 11.5. The van der Waals surface area contributed by atoms with Crippen LogP contribution in [0.15, 0.2) is 24.3 Å². The third kappa shape index (κ3) is 6.93. The van der Waals surface area contributed by atoms with E-state index in [2.05, 4.69) is 4.72 Å². The fourth-order valence-electron chi connectivity index (χ4n) is 1.59. The molecule has 1 N–H and O–H groups in total. The lowest BCUT2D eigenvalue weighted by Gasteiger charge is -2.07. The highest BCUT2D eigenvalue weighted by Gasteiger charge is 2.06. The average molecular weight is 285 g/mol. The van der Waals surface area contributed by atoms with Crippen LogP contribution in [0.1, 0.15) is 17.5 Å². The number of ether oxygens (including phenoxy) is 1. The lowest BCUT2D eigenvalue weighted by atomic mass is 10.0. The van der Waals surface area contributed by atoms with Crippen molar-refractivity contribution in [2.24, 2.45) is 0 Å². The van der Waals surface area contributed by atoms with Crippen molar-refractivity contribution in [3.05, 3.63) is 35.4 Å². The molecule has 0 saturated carbocycles. The smallest absolute Gasteiger partial charge is 0.306 e. The van der Waals surface area contributed by atoms with Gasteiger partial charge in [-0.3, -0.25) is 4.79 Å². The van der Waals surface area contributed by atoms with E-state index < -0.39 is 10.0 Å². The topological polar surface area (TPSA) is 72.5 Å². The van der Waals surface area contributed by atoms with Gasteiger partial charge in [-0.1, -0.05) is 24.3 Å². The molecule has 0 aliphatic heterocycles. The van der Waals surface area contributed by atoms with Gasteiger partial charge in [0.25, 0.3) is 0 Å². The van der Waals surface area contributed by atoms with Gasteiger partial charge in [0.05, 0.1) is 6.26 Å². The zero-order valence-corrected chi connectivity index (χ0v) is 12.0. The Morgan fingerprint density at radius 2 is 2.00 bits per heavy atom. The number of hydrogen-bond donors (Lipinski definition) is 1. The SMILES string of the molecule is Cc1ccccc1CCC(=O)OCCNS(C)(=O)=O. The van der Waals surface area contributed by atoms with Gasteiger partial charge in [-0.25, -0.2) is 13.1 Å². The Labute approximate surface area is 114 Å². The second kappa shape index (κ2) is 7.25. The number of hydrogen-bond acceptors (Lipinski definition) is 4. The molecule has 5 nitrogen and oxygen atoms in total. The minimum atomic E-state index is -3.22. The van der Waals surface area contributed by atoms with Crippen LogP contribution in [-0.2, 0) is 26.0 Å². The highest BCUT2D eigenvalue weighted by atomic mass is 32.2. The first-order valence-electron chi connectivity index (χ1n) is 6.03. The second-order valence-corrected chi connectivity index (χ2v) is 6.15. The molecule has 0 atom stereocenters. The molecule has 0 radical (unpaired) electrons. The van der Waals surface area contributed by atoms with E-state index in [9.17, 15) is 13.2 Å². The van der Waals surface area contributed by atoms with Gasteiger partial charge in [-0.2, -0.15) is 0 Å². The van der Waals surface area contributed by atoms with E-state index in [1.807, 2.05) is 31.2 Å². The molecule has 0 aliphatic carbocycles. The Bertz CT molecular complexity index is 525. The molecule has 1 aromatic rings. The molecule has 106 valence electrons. The summed E-state index contributed by atoms with van der Waals surface area (Å²) in [7, 11) is -3.22. The standard InChI is InChI=1S/C13H19NO4S/c1-11-5-3-4-6-12(11)7-8-13(15)18-10-9-14-19(2,16)17/h3-6,14H,7-10H2,1-2H3. The number of rotatable bonds is 7. The predicted octanol–water partition coefficient (Wildman–Crippen LogP) is 1.02. The molecular weight excluding hydrogens is 266 g/mol. The first kappa shape index (κ1) is 15.7. The molecule has 1 rings (SSSR count). The monoisotopic (exact) mass is 285 g/mol. The summed E-state index contributed by atoms with van der Waals surface area (Å²) >= 11 is 0. The molecule has 0 aliphatic rings. The normalized spacial score (nSPS) is 11.3. The number of nitrogens with one attached hydrogen (secondary N) is 1. The number of carbonyl (C=O) groups is 1. The van der Waals surface area contributed by atoms with Crippen molar-refractivity contribution in [2.45, 2.75) is 19.8 Å². The van der Waals surface area contributed by atoms with Gasteiger partial charge in [0.2, 0.25) is 10.0 Å². The summed E-state index contributed by atoms with van der Waals surface area (Å²) in [5.41, 5.74) is 2.27. The van der Waals surface area contributed by atoms with Crippen molar-refractivity contribution < 1.29 is 17.9 Å². The van der Waals surface area contributed by atoms with Gasteiger partial charge < -0.3 is 4.74 Å². The van der Waals surface area contributed by atoms with E-state index >= 15 is 0 Å². The molecule has 0 heterocycles. The second-order valence-electron chi connectivity index (χ2n) is 4.31.